The second-order valence-electron chi connectivity index (χ2n) is 6.35. The topological polar surface area (TPSA) is 117 Å². The molecule has 0 unspecified atom stereocenters. The van der Waals surface area contributed by atoms with Gasteiger partial charge in [-0.15, -0.1) is 0 Å². The number of carbonyl (C=O) groups is 2. The van der Waals surface area contributed by atoms with Crippen LogP contribution in [0.1, 0.15) is 20.3 Å². The van der Waals surface area contributed by atoms with Gasteiger partial charge >= 0.3 is 11.9 Å². The summed E-state index contributed by atoms with van der Waals surface area (Å²) in [6.07, 6.45) is 1.68. The molecule has 4 rings (SSSR count). The zero-order valence-electron chi connectivity index (χ0n) is 16.8. The Morgan fingerprint density at radius 2 is 1.87 bits per heavy atom. The maximum atomic E-state index is 11.1. The van der Waals surface area contributed by atoms with Gasteiger partial charge in [-0.2, -0.15) is 0 Å². The van der Waals surface area contributed by atoms with E-state index in [1.807, 2.05) is 42.7 Å². The van der Waals surface area contributed by atoms with Crippen molar-refractivity contribution in [1.82, 2.24) is 14.5 Å². The lowest BCUT2D eigenvalue weighted by atomic mass is 10.2. The Bertz CT molecular complexity index is 1160. The van der Waals surface area contributed by atoms with Crippen molar-refractivity contribution in [1.29, 1.82) is 0 Å². The van der Waals surface area contributed by atoms with Gasteiger partial charge in [0.05, 0.1) is 17.8 Å². The Balaban J connectivity index is 0.00000124. The van der Waals surface area contributed by atoms with Gasteiger partial charge in [0, 0.05) is 29.0 Å². The lowest BCUT2D eigenvalue weighted by Crippen LogP contribution is -2.09. The average molecular weight is 409 g/mol. The standard InChI is InChI=1S/C20H17N3O5.C2H6/c24-18(25)5-7-23-16-4-3-14(28-11-19(26)27)8-13(16)10-17(23)15-9-12-2-1-6-21-20(12)22-15;1-2/h1-4,6,8-10H,5,7,11H2,(H,21,22)(H,24,25)(H,26,27);1-2H3. The third kappa shape index (κ3) is 4.43. The average Bonchev–Trinajstić information content (AvgIpc) is 3.32. The molecule has 0 radical (unpaired) electrons. The van der Waals surface area contributed by atoms with Crippen LogP contribution in [0.5, 0.6) is 5.75 Å². The van der Waals surface area contributed by atoms with E-state index in [2.05, 4.69) is 9.97 Å². The molecule has 0 saturated carbocycles. The van der Waals surface area contributed by atoms with Crippen LogP contribution in [0.3, 0.4) is 0 Å². The van der Waals surface area contributed by atoms with E-state index in [1.54, 1.807) is 24.4 Å². The van der Waals surface area contributed by atoms with Crippen molar-refractivity contribution in [3.8, 4) is 17.1 Å². The minimum absolute atomic E-state index is 0.0213. The number of carboxylic acid groups (broad SMARTS) is 2. The van der Waals surface area contributed by atoms with Gasteiger partial charge < -0.3 is 24.5 Å². The zero-order chi connectivity index (χ0) is 21.7. The quantitative estimate of drug-likeness (QED) is 0.422. The maximum absolute atomic E-state index is 11.1. The summed E-state index contributed by atoms with van der Waals surface area (Å²) in [6, 6.07) is 12.9. The Hall–Kier alpha value is -3.81. The minimum atomic E-state index is -1.05. The molecule has 30 heavy (non-hydrogen) atoms. The summed E-state index contributed by atoms with van der Waals surface area (Å²) in [7, 11) is 0. The summed E-state index contributed by atoms with van der Waals surface area (Å²) in [5.74, 6) is -1.49. The number of aromatic nitrogens is 3. The molecule has 4 aromatic rings. The van der Waals surface area contributed by atoms with Gasteiger partial charge in [0.2, 0.25) is 0 Å². The van der Waals surface area contributed by atoms with E-state index in [0.717, 1.165) is 33.3 Å². The normalized spacial score (nSPS) is 10.6. The zero-order valence-corrected chi connectivity index (χ0v) is 16.8. The fourth-order valence-corrected chi connectivity index (χ4v) is 3.25. The largest absolute Gasteiger partial charge is 0.482 e. The van der Waals surface area contributed by atoms with Crippen molar-refractivity contribution >= 4 is 33.9 Å². The lowest BCUT2D eigenvalue weighted by Gasteiger charge is -2.09. The Kier molecular flexibility index (Phi) is 6.36. The van der Waals surface area contributed by atoms with Crippen LogP contribution in [-0.2, 0) is 16.1 Å². The van der Waals surface area contributed by atoms with E-state index in [1.165, 1.54) is 0 Å². The number of aryl methyl sites for hydroxylation is 1. The van der Waals surface area contributed by atoms with E-state index in [4.69, 9.17) is 14.9 Å². The number of fused-ring (bicyclic) bond motifs is 2. The summed E-state index contributed by atoms with van der Waals surface area (Å²) in [4.78, 5) is 29.4. The predicted octanol–water partition coefficient (Wildman–Crippen LogP) is 4.15. The third-order valence-corrected chi connectivity index (χ3v) is 4.45. The fourth-order valence-electron chi connectivity index (χ4n) is 3.25. The number of nitrogens with zero attached hydrogens (tertiary/aromatic N) is 2. The Morgan fingerprint density at radius 1 is 1.07 bits per heavy atom. The van der Waals surface area contributed by atoms with Gasteiger partial charge in [-0.05, 0) is 42.5 Å². The first-order valence-electron chi connectivity index (χ1n) is 9.65. The van der Waals surface area contributed by atoms with Crippen molar-refractivity contribution in [3.05, 3.63) is 48.7 Å². The number of benzene rings is 1. The van der Waals surface area contributed by atoms with Crippen LogP contribution in [-0.4, -0.2) is 43.3 Å². The molecule has 0 atom stereocenters. The molecule has 1 aromatic carbocycles. The molecule has 0 saturated heterocycles. The highest BCUT2D eigenvalue weighted by Gasteiger charge is 2.15. The van der Waals surface area contributed by atoms with E-state index in [9.17, 15) is 9.59 Å². The summed E-state index contributed by atoms with van der Waals surface area (Å²) in [6.45, 7) is 3.87. The predicted molar refractivity (Wildman–Crippen MR) is 114 cm³/mol. The molecule has 0 aliphatic rings. The molecule has 0 fully saturated rings. The molecule has 8 nitrogen and oxygen atoms in total. The molecule has 0 spiro atoms. The first-order chi connectivity index (χ1) is 14.5. The van der Waals surface area contributed by atoms with Gasteiger partial charge in [0.1, 0.15) is 11.4 Å². The van der Waals surface area contributed by atoms with Crippen LogP contribution in [0.4, 0.5) is 0 Å². The molecule has 3 aromatic heterocycles. The number of hydrogen-bond donors (Lipinski definition) is 3. The van der Waals surface area contributed by atoms with Crippen molar-refractivity contribution in [3.63, 3.8) is 0 Å². The molecular weight excluding hydrogens is 386 g/mol. The number of aliphatic carboxylic acids is 2. The molecule has 0 aliphatic carbocycles. The highest BCUT2D eigenvalue weighted by molar-refractivity contribution is 5.90. The molecule has 3 N–H and O–H groups in total. The van der Waals surface area contributed by atoms with Crippen LogP contribution in [0.15, 0.2) is 48.7 Å². The van der Waals surface area contributed by atoms with Crippen LogP contribution >= 0.6 is 0 Å². The SMILES string of the molecule is CC.O=C(O)CCn1c(-c2cc3cccnc3[nH]2)cc2cc(OCC(=O)O)ccc21. The van der Waals surface area contributed by atoms with Crippen LogP contribution in [0.2, 0.25) is 0 Å². The number of carboxylic acids is 2. The van der Waals surface area contributed by atoms with Gasteiger partial charge in [0.25, 0.3) is 0 Å². The second kappa shape index (κ2) is 9.13. The van der Waals surface area contributed by atoms with Crippen LogP contribution in [0, 0.1) is 0 Å². The fraction of sp³-hybridized carbons (Fsp3) is 0.227. The smallest absolute Gasteiger partial charge is 0.341 e. The molecule has 0 aliphatic heterocycles. The number of H-pyrrole nitrogens is 1. The highest BCUT2D eigenvalue weighted by atomic mass is 16.5. The highest BCUT2D eigenvalue weighted by Crippen LogP contribution is 2.32. The molecule has 0 amide bonds. The number of ether oxygens (including phenoxy) is 1. The van der Waals surface area contributed by atoms with Crippen molar-refractivity contribution in [2.24, 2.45) is 0 Å². The van der Waals surface area contributed by atoms with Crippen molar-refractivity contribution in [2.45, 2.75) is 26.8 Å². The first kappa shape index (κ1) is 20.9. The van der Waals surface area contributed by atoms with Gasteiger partial charge in [-0.1, -0.05) is 13.8 Å². The van der Waals surface area contributed by atoms with Crippen molar-refractivity contribution in [2.75, 3.05) is 6.61 Å². The number of hydrogen-bond acceptors (Lipinski definition) is 4. The Morgan fingerprint density at radius 3 is 2.57 bits per heavy atom. The second-order valence-corrected chi connectivity index (χ2v) is 6.35. The van der Waals surface area contributed by atoms with Gasteiger partial charge in [-0.3, -0.25) is 4.79 Å². The monoisotopic (exact) mass is 409 g/mol. The molecule has 8 heteroatoms. The van der Waals surface area contributed by atoms with Gasteiger partial charge in [-0.25, -0.2) is 9.78 Å². The van der Waals surface area contributed by atoms with E-state index < -0.39 is 18.5 Å². The molecule has 0 bridgehead atoms. The lowest BCUT2D eigenvalue weighted by molar-refractivity contribution is -0.139. The van der Waals surface area contributed by atoms with Gasteiger partial charge in [0.15, 0.2) is 6.61 Å². The number of rotatable bonds is 7. The summed E-state index contributed by atoms with van der Waals surface area (Å²) >= 11 is 0. The van der Waals surface area contributed by atoms with Crippen molar-refractivity contribution < 1.29 is 24.5 Å². The third-order valence-electron chi connectivity index (χ3n) is 4.45. The van der Waals surface area contributed by atoms with Crippen LogP contribution < -0.4 is 4.74 Å². The number of nitrogens with one attached hydrogen (secondary N) is 1. The van der Waals surface area contributed by atoms with E-state index in [0.29, 0.717) is 12.3 Å². The van der Waals surface area contributed by atoms with E-state index >= 15 is 0 Å². The molecular formula is C22H23N3O5. The van der Waals surface area contributed by atoms with E-state index in [-0.39, 0.29) is 6.42 Å². The Labute approximate surface area is 172 Å². The molecule has 156 valence electrons. The summed E-state index contributed by atoms with van der Waals surface area (Å²) in [5, 5.41) is 19.7. The summed E-state index contributed by atoms with van der Waals surface area (Å²) in [5.41, 5.74) is 3.23. The maximum Gasteiger partial charge on any atom is 0.341 e. The first-order valence-corrected chi connectivity index (χ1v) is 9.65. The summed E-state index contributed by atoms with van der Waals surface area (Å²) < 4.78 is 7.18. The minimum Gasteiger partial charge on any atom is -0.482 e. The number of aromatic amines is 1. The number of pyridine rings is 1. The molecule has 3 heterocycles. The van der Waals surface area contributed by atoms with Crippen LogP contribution in [0.25, 0.3) is 33.3 Å².